The Kier molecular flexibility index (Phi) is 7.94. The van der Waals surface area contributed by atoms with Gasteiger partial charge in [-0.25, -0.2) is 4.79 Å². The molecule has 5 nitrogen and oxygen atoms in total. The van der Waals surface area contributed by atoms with E-state index in [0.717, 1.165) is 12.8 Å². The smallest absolute Gasteiger partial charge is 0.411 e. The number of hydrogen-bond donors (Lipinski definition) is 2. The lowest BCUT2D eigenvalue weighted by Gasteiger charge is -2.07. The van der Waals surface area contributed by atoms with Crippen LogP contribution in [-0.2, 0) is 4.74 Å². The van der Waals surface area contributed by atoms with E-state index in [2.05, 4.69) is 17.6 Å². The van der Waals surface area contributed by atoms with Crippen molar-refractivity contribution in [3.8, 4) is 0 Å². The number of ether oxygens (including phenoxy) is 1. The SMILES string of the molecule is CCCCCCNC(=O)c1ccc(NC(=O)OCC)cc1. The first-order chi connectivity index (χ1) is 10.2. The predicted octanol–water partition coefficient (Wildman–Crippen LogP) is 3.57. The Morgan fingerprint density at radius 2 is 1.76 bits per heavy atom. The summed E-state index contributed by atoms with van der Waals surface area (Å²) in [5.74, 6) is -0.0887. The van der Waals surface area contributed by atoms with Gasteiger partial charge in [0.25, 0.3) is 5.91 Å². The highest BCUT2D eigenvalue weighted by atomic mass is 16.5. The van der Waals surface area contributed by atoms with E-state index < -0.39 is 6.09 Å². The van der Waals surface area contributed by atoms with E-state index in [9.17, 15) is 9.59 Å². The van der Waals surface area contributed by atoms with Crippen molar-refractivity contribution < 1.29 is 14.3 Å². The lowest BCUT2D eigenvalue weighted by Crippen LogP contribution is -2.24. The third-order valence-electron chi connectivity index (χ3n) is 2.98. The fourth-order valence-corrected chi connectivity index (χ4v) is 1.85. The first-order valence-corrected chi connectivity index (χ1v) is 7.49. The van der Waals surface area contributed by atoms with E-state index in [1.165, 1.54) is 12.8 Å². The number of amides is 2. The molecule has 0 aliphatic carbocycles. The van der Waals surface area contributed by atoms with Crippen LogP contribution in [0.3, 0.4) is 0 Å². The molecule has 0 fully saturated rings. The van der Waals surface area contributed by atoms with Gasteiger partial charge in [0.1, 0.15) is 0 Å². The summed E-state index contributed by atoms with van der Waals surface area (Å²) in [4.78, 5) is 23.1. The van der Waals surface area contributed by atoms with E-state index in [1.807, 2.05) is 0 Å². The number of carbonyl (C=O) groups is 2. The zero-order valence-electron chi connectivity index (χ0n) is 12.8. The number of unbranched alkanes of at least 4 members (excludes halogenated alkanes) is 3. The van der Waals surface area contributed by atoms with Gasteiger partial charge < -0.3 is 10.1 Å². The van der Waals surface area contributed by atoms with Gasteiger partial charge in [-0.05, 0) is 37.6 Å². The summed E-state index contributed by atoms with van der Waals surface area (Å²) >= 11 is 0. The van der Waals surface area contributed by atoms with Crippen molar-refractivity contribution in [3.63, 3.8) is 0 Å². The Morgan fingerprint density at radius 3 is 2.38 bits per heavy atom. The van der Waals surface area contributed by atoms with Crippen molar-refractivity contribution in [3.05, 3.63) is 29.8 Å². The summed E-state index contributed by atoms with van der Waals surface area (Å²) in [5, 5.41) is 5.47. The molecule has 1 rings (SSSR count). The summed E-state index contributed by atoms with van der Waals surface area (Å²) in [6, 6.07) is 6.73. The van der Waals surface area contributed by atoms with Gasteiger partial charge in [-0.15, -0.1) is 0 Å². The monoisotopic (exact) mass is 292 g/mol. The molecule has 2 amide bonds. The fraction of sp³-hybridized carbons (Fsp3) is 0.500. The summed E-state index contributed by atoms with van der Waals surface area (Å²) in [7, 11) is 0. The zero-order chi connectivity index (χ0) is 15.5. The number of nitrogens with one attached hydrogen (secondary N) is 2. The van der Waals surface area contributed by atoms with Gasteiger partial charge in [-0.2, -0.15) is 0 Å². The van der Waals surface area contributed by atoms with Crippen LogP contribution in [0.15, 0.2) is 24.3 Å². The van der Waals surface area contributed by atoms with Crippen molar-refractivity contribution in [1.29, 1.82) is 0 Å². The quantitative estimate of drug-likeness (QED) is 0.720. The molecule has 0 atom stereocenters. The van der Waals surface area contributed by atoms with Crippen LogP contribution in [0.4, 0.5) is 10.5 Å². The van der Waals surface area contributed by atoms with Crippen molar-refractivity contribution in [2.24, 2.45) is 0 Å². The second-order valence-electron chi connectivity index (χ2n) is 4.74. The highest BCUT2D eigenvalue weighted by Crippen LogP contribution is 2.10. The lowest BCUT2D eigenvalue weighted by atomic mass is 10.2. The summed E-state index contributed by atoms with van der Waals surface area (Å²) in [5.41, 5.74) is 1.19. The Bertz CT molecular complexity index is 443. The number of carbonyl (C=O) groups excluding carboxylic acids is 2. The molecule has 21 heavy (non-hydrogen) atoms. The molecule has 0 spiro atoms. The maximum atomic E-state index is 11.9. The van der Waals surface area contributed by atoms with Crippen molar-refractivity contribution in [2.75, 3.05) is 18.5 Å². The Balaban J connectivity index is 2.38. The van der Waals surface area contributed by atoms with E-state index in [-0.39, 0.29) is 5.91 Å². The Hall–Kier alpha value is -2.04. The van der Waals surface area contributed by atoms with E-state index in [0.29, 0.717) is 24.4 Å². The topological polar surface area (TPSA) is 67.4 Å². The first-order valence-electron chi connectivity index (χ1n) is 7.49. The standard InChI is InChI=1S/C16H24N2O3/c1-3-5-6-7-12-17-15(19)13-8-10-14(11-9-13)18-16(20)21-4-2/h8-11H,3-7,12H2,1-2H3,(H,17,19)(H,18,20). The average molecular weight is 292 g/mol. The van der Waals surface area contributed by atoms with Crippen molar-refractivity contribution in [1.82, 2.24) is 5.32 Å². The normalized spacial score (nSPS) is 10.0. The van der Waals surface area contributed by atoms with Crippen LogP contribution < -0.4 is 10.6 Å². The first kappa shape index (κ1) is 17.0. The highest BCUT2D eigenvalue weighted by Gasteiger charge is 2.06. The third kappa shape index (κ3) is 6.79. The summed E-state index contributed by atoms with van der Waals surface area (Å²) < 4.78 is 4.78. The van der Waals surface area contributed by atoms with Gasteiger partial charge in [0.05, 0.1) is 6.61 Å². The second-order valence-corrected chi connectivity index (χ2v) is 4.74. The predicted molar refractivity (Wildman–Crippen MR) is 83.6 cm³/mol. The number of hydrogen-bond acceptors (Lipinski definition) is 3. The van der Waals surface area contributed by atoms with E-state index >= 15 is 0 Å². The number of rotatable bonds is 8. The molecule has 116 valence electrons. The molecule has 0 aromatic heterocycles. The molecule has 0 unspecified atom stereocenters. The van der Waals surface area contributed by atoms with Crippen LogP contribution in [0.2, 0.25) is 0 Å². The molecule has 0 aliphatic heterocycles. The van der Waals surface area contributed by atoms with E-state index in [1.54, 1.807) is 31.2 Å². The van der Waals surface area contributed by atoms with Crippen LogP contribution in [0.25, 0.3) is 0 Å². The molecule has 0 heterocycles. The lowest BCUT2D eigenvalue weighted by molar-refractivity contribution is 0.0953. The molecular weight excluding hydrogens is 268 g/mol. The molecule has 1 aromatic rings. The molecule has 0 radical (unpaired) electrons. The van der Waals surface area contributed by atoms with Crippen molar-refractivity contribution >= 4 is 17.7 Å². The second kappa shape index (κ2) is 9.80. The van der Waals surface area contributed by atoms with Gasteiger partial charge in [-0.3, -0.25) is 10.1 Å². The zero-order valence-corrected chi connectivity index (χ0v) is 12.8. The van der Waals surface area contributed by atoms with Gasteiger partial charge in [0.2, 0.25) is 0 Å². The van der Waals surface area contributed by atoms with Gasteiger partial charge >= 0.3 is 6.09 Å². The third-order valence-corrected chi connectivity index (χ3v) is 2.98. The molecule has 1 aromatic carbocycles. The average Bonchev–Trinajstić information content (AvgIpc) is 2.48. The Morgan fingerprint density at radius 1 is 1.05 bits per heavy atom. The van der Waals surface area contributed by atoms with Crippen LogP contribution in [-0.4, -0.2) is 25.2 Å². The molecule has 0 bridgehead atoms. The summed E-state index contributed by atoms with van der Waals surface area (Å²) in [6.45, 7) is 4.92. The Labute approximate surface area is 126 Å². The number of anilines is 1. The molecular formula is C16H24N2O3. The van der Waals surface area contributed by atoms with Crippen LogP contribution >= 0.6 is 0 Å². The van der Waals surface area contributed by atoms with Gasteiger partial charge in [-0.1, -0.05) is 26.2 Å². The molecule has 2 N–H and O–H groups in total. The van der Waals surface area contributed by atoms with Gasteiger partial charge in [0, 0.05) is 17.8 Å². The van der Waals surface area contributed by atoms with Crippen LogP contribution in [0.1, 0.15) is 49.9 Å². The summed E-state index contributed by atoms with van der Waals surface area (Å²) in [6.07, 6.45) is 4.03. The molecule has 0 aliphatic rings. The van der Waals surface area contributed by atoms with Gasteiger partial charge in [0.15, 0.2) is 0 Å². The molecule has 5 heteroatoms. The minimum Gasteiger partial charge on any atom is -0.450 e. The van der Waals surface area contributed by atoms with Crippen LogP contribution in [0, 0.1) is 0 Å². The number of benzene rings is 1. The maximum Gasteiger partial charge on any atom is 0.411 e. The van der Waals surface area contributed by atoms with Crippen LogP contribution in [0.5, 0.6) is 0 Å². The minimum atomic E-state index is -0.495. The molecule has 0 saturated carbocycles. The molecule has 0 saturated heterocycles. The van der Waals surface area contributed by atoms with E-state index in [4.69, 9.17) is 4.74 Å². The highest BCUT2D eigenvalue weighted by molar-refractivity contribution is 5.95. The fourth-order valence-electron chi connectivity index (χ4n) is 1.85. The maximum absolute atomic E-state index is 11.9. The minimum absolute atomic E-state index is 0.0887. The van der Waals surface area contributed by atoms with Crippen molar-refractivity contribution in [2.45, 2.75) is 39.5 Å². The largest absolute Gasteiger partial charge is 0.450 e.